The van der Waals surface area contributed by atoms with E-state index in [1.54, 1.807) is 20.8 Å². The molecule has 0 aromatic carbocycles. The van der Waals surface area contributed by atoms with Gasteiger partial charge in [0.15, 0.2) is 0 Å². The van der Waals surface area contributed by atoms with E-state index in [9.17, 15) is 23.4 Å². The fourth-order valence-corrected chi connectivity index (χ4v) is 2.81. The van der Waals surface area contributed by atoms with Gasteiger partial charge in [0, 0.05) is 11.3 Å². The van der Waals surface area contributed by atoms with Crippen molar-refractivity contribution in [1.82, 2.24) is 0 Å². The molecule has 0 saturated heterocycles. The molecule has 6 heteroatoms. The lowest BCUT2D eigenvalue weighted by molar-refractivity contribution is -0.109. The second-order valence-electron chi connectivity index (χ2n) is 6.60. The molecule has 1 aliphatic rings. The molecule has 0 aromatic rings. The van der Waals surface area contributed by atoms with E-state index in [1.807, 2.05) is 0 Å². The largest absolute Gasteiger partial charge is 0.414 e. The zero-order chi connectivity index (χ0) is 18.1. The molecule has 0 aliphatic heterocycles. The molecule has 0 fully saturated rings. The molecule has 0 heterocycles. The zero-order valence-corrected chi connectivity index (χ0v) is 13.7. The minimum absolute atomic E-state index is 0.214. The molecule has 0 amide bonds. The van der Waals surface area contributed by atoms with Crippen LogP contribution in [0.5, 0.6) is 0 Å². The van der Waals surface area contributed by atoms with E-state index in [4.69, 9.17) is 5.11 Å². The predicted octanol–water partition coefficient (Wildman–Crippen LogP) is 2.58. The molecule has 0 bridgehead atoms. The first-order valence-electron chi connectivity index (χ1n) is 7.35. The molecule has 0 aromatic heterocycles. The molecule has 1 aliphatic carbocycles. The minimum Gasteiger partial charge on any atom is -0.392 e. The van der Waals surface area contributed by atoms with Crippen molar-refractivity contribution in [3.05, 3.63) is 23.3 Å². The van der Waals surface area contributed by atoms with E-state index >= 15 is 0 Å². The van der Waals surface area contributed by atoms with Gasteiger partial charge in [0.2, 0.25) is 0 Å². The number of halogens is 3. The van der Waals surface area contributed by atoms with Crippen molar-refractivity contribution >= 4 is 0 Å². The van der Waals surface area contributed by atoms with Crippen molar-refractivity contribution in [2.24, 2.45) is 11.3 Å². The number of rotatable bonds is 1. The monoisotopic (exact) mass is 332 g/mol. The van der Waals surface area contributed by atoms with Crippen LogP contribution >= 0.6 is 0 Å². The summed E-state index contributed by atoms with van der Waals surface area (Å²) in [6, 6.07) is 0. The van der Waals surface area contributed by atoms with Gasteiger partial charge in [-0.05, 0) is 25.0 Å². The minimum atomic E-state index is -4.66. The van der Waals surface area contributed by atoms with Gasteiger partial charge in [-0.25, -0.2) is 0 Å². The van der Waals surface area contributed by atoms with Gasteiger partial charge >= 0.3 is 6.18 Å². The Morgan fingerprint density at radius 1 is 1.43 bits per heavy atom. The first-order valence-corrected chi connectivity index (χ1v) is 7.35. The number of aliphatic hydroxyl groups is 3. The van der Waals surface area contributed by atoms with Crippen molar-refractivity contribution in [1.29, 1.82) is 0 Å². The van der Waals surface area contributed by atoms with Crippen LogP contribution in [0.15, 0.2) is 23.3 Å². The fraction of sp³-hybridized carbons (Fsp3) is 0.647. The van der Waals surface area contributed by atoms with Crippen molar-refractivity contribution in [2.45, 2.75) is 52.0 Å². The molecule has 0 saturated carbocycles. The second-order valence-corrected chi connectivity index (χ2v) is 6.60. The smallest absolute Gasteiger partial charge is 0.392 e. The summed E-state index contributed by atoms with van der Waals surface area (Å²) in [4.78, 5) is 0. The molecule has 23 heavy (non-hydrogen) atoms. The highest BCUT2D eigenvalue weighted by molar-refractivity contribution is 5.36. The summed E-state index contributed by atoms with van der Waals surface area (Å²) in [7, 11) is 0. The molecule has 0 spiro atoms. The molecular weight excluding hydrogens is 309 g/mol. The van der Waals surface area contributed by atoms with E-state index in [1.165, 1.54) is 13.0 Å². The van der Waals surface area contributed by atoms with Crippen LogP contribution in [0.25, 0.3) is 0 Å². The fourth-order valence-electron chi connectivity index (χ4n) is 2.81. The van der Waals surface area contributed by atoms with Crippen LogP contribution in [0.1, 0.15) is 34.1 Å². The van der Waals surface area contributed by atoms with Crippen molar-refractivity contribution in [3.63, 3.8) is 0 Å². The summed E-state index contributed by atoms with van der Waals surface area (Å²) < 4.78 is 39.2. The van der Waals surface area contributed by atoms with E-state index in [0.29, 0.717) is 5.57 Å². The molecular formula is C17H23F3O3. The highest BCUT2D eigenvalue weighted by atomic mass is 19.4. The van der Waals surface area contributed by atoms with Crippen molar-refractivity contribution in [3.8, 4) is 11.8 Å². The summed E-state index contributed by atoms with van der Waals surface area (Å²) in [5, 5.41) is 29.7. The third-order valence-electron chi connectivity index (χ3n) is 4.36. The van der Waals surface area contributed by atoms with Crippen LogP contribution in [0.2, 0.25) is 0 Å². The lowest BCUT2D eigenvalue weighted by atomic mass is 9.67. The van der Waals surface area contributed by atoms with Crippen LogP contribution in [0, 0.1) is 23.2 Å². The number of hydrogen-bond acceptors (Lipinski definition) is 3. The number of hydrogen-bond donors (Lipinski definition) is 3. The molecule has 3 N–H and O–H groups in total. The topological polar surface area (TPSA) is 60.7 Å². The van der Waals surface area contributed by atoms with E-state index in [2.05, 4.69) is 11.8 Å². The van der Waals surface area contributed by atoms with E-state index < -0.39 is 34.8 Å². The SMILES string of the molecule is C/C(C#CC1(O)C(C)C=C(C(F)(F)F)C(O)CC1(C)C)=C/CO. The normalized spacial score (nSPS) is 31.7. The second kappa shape index (κ2) is 6.68. The first-order chi connectivity index (χ1) is 10.3. The Morgan fingerprint density at radius 3 is 2.48 bits per heavy atom. The summed E-state index contributed by atoms with van der Waals surface area (Å²) in [5.41, 5.74) is -3.35. The third-order valence-corrected chi connectivity index (χ3v) is 4.36. The van der Waals surface area contributed by atoms with Crippen molar-refractivity contribution < 1.29 is 28.5 Å². The Kier molecular flexibility index (Phi) is 5.74. The van der Waals surface area contributed by atoms with Gasteiger partial charge in [-0.2, -0.15) is 13.2 Å². The Balaban J connectivity index is 3.40. The highest BCUT2D eigenvalue weighted by Crippen LogP contribution is 2.47. The van der Waals surface area contributed by atoms with Crippen LogP contribution in [-0.4, -0.2) is 39.8 Å². The lowest BCUT2D eigenvalue weighted by Gasteiger charge is -2.41. The van der Waals surface area contributed by atoms with Crippen LogP contribution in [0.3, 0.4) is 0 Å². The molecule has 3 atom stereocenters. The van der Waals surface area contributed by atoms with Gasteiger partial charge in [-0.3, -0.25) is 0 Å². The maximum atomic E-state index is 13.1. The number of allylic oxidation sites excluding steroid dienone is 1. The van der Waals surface area contributed by atoms with E-state index in [0.717, 1.165) is 6.08 Å². The Morgan fingerprint density at radius 2 is 2.00 bits per heavy atom. The first kappa shape index (κ1) is 19.8. The van der Waals surface area contributed by atoms with Gasteiger partial charge in [0.25, 0.3) is 0 Å². The van der Waals surface area contributed by atoms with Crippen LogP contribution in [-0.2, 0) is 0 Å². The van der Waals surface area contributed by atoms with Crippen LogP contribution in [0.4, 0.5) is 13.2 Å². The zero-order valence-electron chi connectivity index (χ0n) is 13.7. The maximum absolute atomic E-state index is 13.1. The van der Waals surface area contributed by atoms with Crippen molar-refractivity contribution in [2.75, 3.05) is 6.61 Å². The molecule has 130 valence electrons. The number of aliphatic hydroxyl groups excluding tert-OH is 2. The summed E-state index contributed by atoms with van der Waals surface area (Å²) in [6.45, 7) is 6.03. The summed E-state index contributed by atoms with van der Waals surface area (Å²) in [6.07, 6.45) is -4.33. The lowest BCUT2D eigenvalue weighted by Crippen LogP contribution is -2.48. The average molecular weight is 332 g/mol. The maximum Gasteiger partial charge on any atom is 0.414 e. The number of alkyl halides is 3. The Hall–Kier alpha value is -1.29. The van der Waals surface area contributed by atoms with Gasteiger partial charge in [0.1, 0.15) is 5.60 Å². The van der Waals surface area contributed by atoms with Gasteiger partial charge < -0.3 is 15.3 Å². The Labute approximate surface area is 134 Å². The molecule has 3 unspecified atom stereocenters. The van der Waals surface area contributed by atoms with Crippen LogP contribution < -0.4 is 0 Å². The summed E-state index contributed by atoms with van der Waals surface area (Å²) in [5.74, 6) is 4.41. The quantitative estimate of drug-likeness (QED) is 0.511. The van der Waals surface area contributed by atoms with E-state index in [-0.39, 0.29) is 13.0 Å². The molecule has 1 rings (SSSR count). The summed E-state index contributed by atoms with van der Waals surface area (Å²) >= 11 is 0. The average Bonchev–Trinajstić information content (AvgIpc) is 2.45. The standard InChI is InChI=1S/C17H23F3O3/c1-11(6-8-21)5-7-16(23)12(2)9-13(17(18,19)20)14(22)10-15(16,3)4/h6,9,12,14,21-23H,8,10H2,1-4H3/b11-6-. The van der Waals surface area contributed by atoms with Gasteiger partial charge in [0.05, 0.1) is 18.3 Å². The molecule has 3 nitrogen and oxygen atoms in total. The predicted molar refractivity (Wildman–Crippen MR) is 81.3 cm³/mol. The third kappa shape index (κ3) is 4.17. The van der Waals surface area contributed by atoms with Gasteiger partial charge in [-0.15, -0.1) is 0 Å². The molecule has 0 radical (unpaired) electrons. The highest BCUT2D eigenvalue weighted by Gasteiger charge is 2.52. The van der Waals surface area contributed by atoms with Gasteiger partial charge in [-0.1, -0.05) is 38.7 Å². The Bertz CT molecular complexity index is 564.